The number of rotatable bonds is 16. The number of carboxylic acid groups (broad SMARTS) is 2. The molecule has 15 heteroatoms. The largest absolute Gasteiger partial charge is 0.492 e. The summed E-state index contributed by atoms with van der Waals surface area (Å²) in [6, 6.07) is 2.47. The molecular weight excluding hydrogens is 600 g/mol. The normalized spacial score (nSPS) is 12.9. The number of hydrogen-bond acceptors (Lipinski definition) is 8. The Morgan fingerprint density at radius 2 is 1.65 bits per heavy atom. The van der Waals surface area contributed by atoms with Crippen LogP contribution in [0.1, 0.15) is 51.8 Å². The molecule has 0 aliphatic heterocycles. The van der Waals surface area contributed by atoms with Crippen LogP contribution in [-0.2, 0) is 30.4 Å². The topological polar surface area (TPSA) is 230 Å². The van der Waals surface area contributed by atoms with Crippen LogP contribution in [0.4, 0.5) is 16.2 Å². The van der Waals surface area contributed by atoms with Crippen molar-refractivity contribution in [3.63, 3.8) is 0 Å². The van der Waals surface area contributed by atoms with Gasteiger partial charge < -0.3 is 36.6 Å². The molecule has 0 spiro atoms. The molecule has 0 saturated carbocycles. The fourth-order valence-electron chi connectivity index (χ4n) is 4.87. The molecule has 7 N–H and O–H groups in total. The lowest BCUT2D eigenvalue weighted by Crippen LogP contribution is -2.59. The number of aryl methyl sites for hydroxylation is 1. The second kappa shape index (κ2) is 16.7. The SMILES string of the molecule is COc1c(N(C(=O)[C@H](CC(=O)O)NC(=O)[C@H](CC(C)C)NC(=O)Cc2ccccn2)[C@H](C(=O)O)C(C)C)ccc(C)c1NC(N)=O. The molecule has 2 rings (SSSR count). The molecule has 0 aliphatic rings. The van der Waals surface area contributed by atoms with Gasteiger partial charge in [-0.3, -0.25) is 29.1 Å². The van der Waals surface area contributed by atoms with E-state index in [0.29, 0.717) is 11.3 Å². The van der Waals surface area contributed by atoms with E-state index in [0.717, 1.165) is 4.90 Å². The number of aliphatic carboxylic acids is 2. The van der Waals surface area contributed by atoms with Gasteiger partial charge in [0.25, 0.3) is 5.91 Å². The zero-order valence-corrected chi connectivity index (χ0v) is 26.7. The van der Waals surface area contributed by atoms with Crippen molar-refractivity contribution in [1.29, 1.82) is 0 Å². The van der Waals surface area contributed by atoms with E-state index in [-0.39, 0.29) is 35.9 Å². The monoisotopic (exact) mass is 642 g/mol. The average Bonchev–Trinajstić information content (AvgIpc) is 2.95. The molecule has 0 bridgehead atoms. The summed E-state index contributed by atoms with van der Waals surface area (Å²) in [5, 5.41) is 27.4. The highest BCUT2D eigenvalue weighted by atomic mass is 16.5. The number of urea groups is 1. The summed E-state index contributed by atoms with van der Waals surface area (Å²) in [6.07, 6.45) is 0.626. The van der Waals surface area contributed by atoms with Crippen molar-refractivity contribution in [1.82, 2.24) is 15.6 Å². The Hall–Kier alpha value is -5.21. The standard InChI is InChI=1S/C31H42N6O9/c1-16(2)13-20(34-23(38)14-19-9-7-8-12-33-19)28(41)35-21(15-24(39)40)29(42)37(26(17(3)4)30(43)44)22-11-10-18(5)25(27(22)46-6)36-31(32)45/h7-12,16-17,20-21,26H,13-15H2,1-6H3,(H,34,38)(H,35,41)(H,39,40)(H,43,44)(H3,32,36,45)/t20-,21-,26-/m0/s1. The molecule has 3 atom stereocenters. The number of carbonyl (C=O) groups excluding carboxylic acids is 4. The number of carbonyl (C=O) groups is 6. The predicted octanol–water partition coefficient (Wildman–Crippen LogP) is 2.06. The maximum absolute atomic E-state index is 14.3. The van der Waals surface area contributed by atoms with Gasteiger partial charge in [0.1, 0.15) is 18.1 Å². The lowest BCUT2D eigenvalue weighted by atomic mass is 9.98. The summed E-state index contributed by atoms with van der Waals surface area (Å²) in [5.74, 6) is -6.25. The number of aromatic nitrogens is 1. The van der Waals surface area contributed by atoms with E-state index in [1.807, 2.05) is 13.8 Å². The number of nitrogens with one attached hydrogen (secondary N) is 3. The average molecular weight is 643 g/mol. The quantitative estimate of drug-likeness (QED) is 0.156. The number of pyridine rings is 1. The Kier molecular flexibility index (Phi) is 13.5. The van der Waals surface area contributed by atoms with Crippen LogP contribution in [0.2, 0.25) is 0 Å². The first-order valence-corrected chi connectivity index (χ1v) is 14.6. The van der Waals surface area contributed by atoms with E-state index < -0.39 is 66.2 Å². The summed E-state index contributed by atoms with van der Waals surface area (Å²) in [7, 11) is 1.24. The Morgan fingerprint density at radius 1 is 0.978 bits per heavy atom. The van der Waals surface area contributed by atoms with Gasteiger partial charge in [-0.1, -0.05) is 39.8 Å². The van der Waals surface area contributed by atoms with Gasteiger partial charge in [-0.15, -0.1) is 0 Å². The van der Waals surface area contributed by atoms with E-state index in [9.17, 15) is 39.0 Å². The van der Waals surface area contributed by atoms with E-state index >= 15 is 0 Å². The van der Waals surface area contributed by atoms with Crippen molar-refractivity contribution in [3.05, 3.63) is 47.8 Å². The summed E-state index contributed by atoms with van der Waals surface area (Å²) in [4.78, 5) is 81.9. The Balaban J connectivity index is 2.60. The van der Waals surface area contributed by atoms with Gasteiger partial charge in [0, 0.05) is 11.9 Å². The minimum absolute atomic E-state index is 0.0598. The highest BCUT2D eigenvalue weighted by Crippen LogP contribution is 2.40. The predicted molar refractivity (Wildman–Crippen MR) is 168 cm³/mol. The minimum Gasteiger partial charge on any atom is -0.492 e. The van der Waals surface area contributed by atoms with E-state index in [4.69, 9.17) is 10.5 Å². The minimum atomic E-state index is -1.77. The molecule has 0 aliphatic carbocycles. The molecule has 5 amide bonds. The van der Waals surface area contributed by atoms with Crippen molar-refractivity contribution in [2.45, 2.75) is 72.0 Å². The molecule has 15 nitrogen and oxygen atoms in total. The first-order chi connectivity index (χ1) is 21.6. The first-order valence-electron chi connectivity index (χ1n) is 14.6. The lowest BCUT2D eigenvalue weighted by Gasteiger charge is -2.35. The molecule has 46 heavy (non-hydrogen) atoms. The van der Waals surface area contributed by atoms with Crippen LogP contribution in [0, 0.1) is 18.8 Å². The Labute approximate surface area is 266 Å². The molecule has 2 aromatic rings. The van der Waals surface area contributed by atoms with Crippen LogP contribution in [-0.4, -0.2) is 76.1 Å². The molecule has 0 radical (unpaired) electrons. The third kappa shape index (κ3) is 10.2. The third-order valence-electron chi connectivity index (χ3n) is 6.88. The summed E-state index contributed by atoms with van der Waals surface area (Å²) < 4.78 is 5.50. The smallest absolute Gasteiger partial charge is 0.327 e. The van der Waals surface area contributed by atoms with Crippen LogP contribution in [0.5, 0.6) is 5.75 Å². The van der Waals surface area contributed by atoms with Crippen molar-refractivity contribution < 1.29 is 43.7 Å². The zero-order chi connectivity index (χ0) is 34.7. The maximum Gasteiger partial charge on any atom is 0.327 e. The van der Waals surface area contributed by atoms with Crippen LogP contribution in [0.25, 0.3) is 0 Å². The van der Waals surface area contributed by atoms with Crippen LogP contribution < -0.4 is 31.3 Å². The van der Waals surface area contributed by atoms with Crippen LogP contribution in [0.3, 0.4) is 0 Å². The van der Waals surface area contributed by atoms with Crippen LogP contribution in [0.15, 0.2) is 36.5 Å². The van der Waals surface area contributed by atoms with Gasteiger partial charge in [-0.05, 0) is 48.9 Å². The Bertz CT molecular complexity index is 1430. The van der Waals surface area contributed by atoms with Crippen molar-refractivity contribution >= 4 is 47.1 Å². The number of benzene rings is 1. The highest BCUT2D eigenvalue weighted by molar-refractivity contribution is 6.07. The molecule has 0 fully saturated rings. The number of ether oxygens (including phenoxy) is 1. The number of hydrogen-bond donors (Lipinski definition) is 6. The Morgan fingerprint density at radius 3 is 2.15 bits per heavy atom. The summed E-state index contributed by atoms with van der Waals surface area (Å²) in [6.45, 7) is 8.33. The van der Waals surface area contributed by atoms with Gasteiger partial charge in [0.05, 0.1) is 31.3 Å². The van der Waals surface area contributed by atoms with Gasteiger partial charge in [-0.25, -0.2) is 9.59 Å². The lowest BCUT2D eigenvalue weighted by molar-refractivity contribution is -0.142. The second-order valence-corrected chi connectivity index (χ2v) is 11.4. The number of nitrogens with two attached hydrogens (primary N) is 1. The number of anilines is 2. The van der Waals surface area contributed by atoms with Gasteiger partial charge in [0.15, 0.2) is 5.75 Å². The van der Waals surface area contributed by atoms with Gasteiger partial charge in [0.2, 0.25) is 11.8 Å². The number of carboxylic acids is 2. The summed E-state index contributed by atoms with van der Waals surface area (Å²) in [5.41, 5.74) is 6.21. The molecule has 1 heterocycles. The second-order valence-electron chi connectivity index (χ2n) is 11.4. The molecule has 0 unspecified atom stereocenters. The maximum atomic E-state index is 14.3. The summed E-state index contributed by atoms with van der Waals surface area (Å²) >= 11 is 0. The first kappa shape index (κ1) is 37.0. The van der Waals surface area contributed by atoms with Crippen molar-refractivity contribution in [3.8, 4) is 5.75 Å². The molecule has 1 aromatic carbocycles. The fourth-order valence-corrected chi connectivity index (χ4v) is 4.87. The molecule has 0 saturated heterocycles. The highest BCUT2D eigenvalue weighted by Gasteiger charge is 2.41. The molecular formula is C31H42N6O9. The van der Waals surface area contributed by atoms with Crippen molar-refractivity contribution in [2.24, 2.45) is 17.6 Å². The number of methoxy groups -OCH3 is 1. The zero-order valence-electron chi connectivity index (χ0n) is 26.7. The van der Waals surface area contributed by atoms with E-state index in [2.05, 4.69) is 20.9 Å². The number of primary amides is 1. The van der Waals surface area contributed by atoms with Crippen molar-refractivity contribution in [2.75, 3.05) is 17.3 Å². The third-order valence-corrected chi connectivity index (χ3v) is 6.88. The van der Waals surface area contributed by atoms with Gasteiger partial charge in [-0.2, -0.15) is 0 Å². The fraction of sp³-hybridized carbons (Fsp3) is 0.452. The molecule has 250 valence electrons. The number of amides is 5. The van der Waals surface area contributed by atoms with Crippen LogP contribution >= 0.6 is 0 Å². The van der Waals surface area contributed by atoms with E-state index in [1.54, 1.807) is 39.0 Å². The van der Waals surface area contributed by atoms with E-state index in [1.165, 1.54) is 25.4 Å². The number of nitrogens with zero attached hydrogens (tertiary/aromatic N) is 2. The molecule has 1 aromatic heterocycles. The van der Waals surface area contributed by atoms with Gasteiger partial charge >= 0.3 is 18.0 Å².